The van der Waals surface area contributed by atoms with E-state index in [2.05, 4.69) is 48.6 Å². The van der Waals surface area contributed by atoms with Crippen molar-refractivity contribution < 1.29 is 4.79 Å². The normalized spacial score (nSPS) is 16.3. The van der Waals surface area contributed by atoms with Crippen LogP contribution in [0.5, 0.6) is 0 Å². The average molecular weight is 398 g/mol. The Bertz CT molecular complexity index is 910. The first-order valence-electron chi connectivity index (χ1n) is 8.11. The van der Waals surface area contributed by atoms with Crippen molar-refractivity contribution in [3.05, 3.63) is 70.3 Å². The van der Waals surface area contributed by atoms with Crippen molar-refractivity contribution in [2.24, 2.45) is 0 Å². The molecule has 1 aliphatic carbocycles. The average Bonchev–Trinajstić information content (AvgIpc) is 3.16. The molecule has 3 aromatic rings. The van der Waals surface area contributed by atoms with Crippen LogP contribution >= 0.6 is 15.9 Å². The molecular weight excluding hydrogens is 382 g/mol. The van der Waals surface area contributed by atoms with Crippen molar-refractivity contribution in [2.45, 2.75) is 25.3 Å². The minimum atomic E-state index is -0.120. The summed E-state index contributed by atoms with van der Waals surface area (Å²) >= 11 is 3.47. The SMILES string of the molecule is O=C(NC1CCCc2ccccc21)c1cnc(-n2cnnc2)c(Br)c1. The highest BCUT2D eigenvalue weighted by Crippen LogP contribution is 2.30. The minimum Gasteiger partial charge on any atom is -0.345 e. The molecule has 6 nitrogen and oxygen atoms in total. The van der Waals surface area contributed by atoms with E-state index in [1.165, 1.54) is 11.1 Å². The van der Waals surface area contributed by atoms with Gasteiger partial charge in [0.1, 0.15) is 12.7 Å². The monoisotopic (exact) mass is 397 g/mol. The Hall–Kier alpha value is -2.54. The number of hydrogen-bond acceptors (Lipinski definition) is 4. The maximum absolute atomic E-state index is 12.7. The van der Waals surface area contributed by atoms with Gasteiger partial charge in [-0.05, 0) is 52.4 Å². The Balaban J connectivity index is 1.55. The topological polar surface area (TPSA) is 72.7 Å². The van der Waals surface area contributed by atoms with Gasteiger partial charge >= 0.3 is 0 Å². The van der Waals surface area contributed by atoms with E-state index in [0.717, 1.165) is 19.3 Å². The maximum Gasteiger partial charge on any atom is 0.253 e. The quantitative estimate of drug-likeness (QED) is 0.735. The molecule has 126 valence electrons. The number of amides is 1. The van der Waals surface area contributed by atoms with Crippen LogP contribution in [0.4, 0.5) is 0 Å². The van der Waals surface area contributed by atoms with Gasteiger partial charge in [0.2, 0.25) is 0 Å². The largest absolute Gasteiger partial charge is 0.345 e. The van der Waals surface area contributed by atoms with Crippen molar-refractivity contribution >= 4 is 21.8 Å². The number of rotatable bonds is 3. The molecule has 2 aromatic heterocycles. The molecule has 1 aromatic carbocycles. The van der Waals surface area contributed by atoms with E-state index < -0.39 is 0 Å². The smallest absolute Gasteiger partial charge is 0.253 e. The highest BCUT2D eigenvalue weighted by atomic mass is 79.9. The second-order valence-corrected chi connectivity index (χ2v) is 6.87. The van der Waals surface area contributed by atoms with Crippen molar-refractivity contribution in [3.63, 3.8) is 0 Å². The lowest BCUT2D eigenvalue weighted by atomic mass is 9.87. The van der Waals surface area contributed by atoms with Gasteiger partial charge in [-0.3, -0.25) is 9.36 Å². The number of aryl methyl sites for hydroxylation is 1. The van der Waals surface area contributed by atoms with Crippen LogP contribution in [-0.4, -0.2) is 25.7 Å². The van der Waals surface area contributed by atoms with E-state index in [0.29, 0.717) is 15.9 Å². The molecule has 0 radical (unpaired) electrons. The van der Waals surface area contributed by atoms with Crippen LogP contribution in [-0.2, 0) is 6.42 Å². The first-order chi connectivity index (χ1) is 12.2. The third-order valence-corrected chi connectivity index (χ3v) is 5.01. The summed E-state index contributed by atoms with van der Waals surface area (Å²) in [7, 11) is 0. The summed E-state index contributed by atoms with van der Waals surface area (Å²) in [6.45, 7) is 0. The van der Waals surface area contributed by atoms with Crippen LogP contribution in [0.25, 0.3) is 5.82 Å². The Morgan fingerprint density at radius 3 is 2.84 bits per heavy atom. The number of carbonyl (C=O) groups is 1. The first-order valence-corrected chi connectivity index (χ1v) is 8.91. The van der Waals surface area contributed by atoms with Crippen LogP contribution < -0.4 is 5.32 Å². The van der Waals surface area contributed by atoms with E-state index in [9.17, 15) is 4.79 Å². The Labute approximate surface area is 153 Å². The summed E-state index contributed by atoms with van der Waals surface area (Å²) < 4.78 is 2.40. The van der Waals surface area contributed by atoms with Gasteiger partial charge in [0.05, 0.1) is 16.1 Å². The standard InChI is InChI=1S/C18H16BrN5O/c19-15-8-13(9-20-17(15)24-10-21-22-11-24)18(25)23-16-7-3-5-12-4-1-2-6-14(12)16/h1-2,4,6,8-11,16H,3,5,7H2,(H,23,25). The molecule has 0 saturated carbocycles. The molecule has 1 atom stereocenters. The molecule has 0 saturated heterocycles. The summed E-state index contributed by atoms with van der Waals surface area (Å²) in [4.78, 5) is 17.0. The Morgan fingerprint density at radius 1 is 1.24 bits per heavy atom. The molecule has 1 N–H and O–H groups in total. The van der Waals surface area contributed by atoms with Gasteiger partial charge in [-0.15, -0.1) is 10.2 Å². The van der Waals surface area contributed by atoms with E-state index in [-0.39, 0.29) is 11.9 Å². The van der Waals surface area contributed by atoms with Crippen molar-refractivity contribution in [1.29, 1.82) is 0 Å². The molecule has 2 heterocycles. The molecule has 1 amide bonds. The van der Waals surface area contributed by atoms with Gasteiger partial charge in [-0.25, -0.2) is 4.98 Å². The molecule has 0 bridgehead atoms. The number of hydrogen-bond donors (Lipinski definition) is 1. The number of aromatic nitrogens is 4. The lowest BCUT2D eigenvalue weighted by Crippen LogP contribution is -2.31. The first kappa shape index (κ1) is 16.0. The number of pyridine rings is 1. The van der Waals surface area contributed by atoms with Crippen LogP contribution in [0.15, 0.2) is 53.7 Å². The van der Waals surface area contributed by atoms with E-state index in [1.807, 2.05) is 12.1 Å². The predicted octanol–water partition coefficient (Wildman–Crippen LogP) is 3.23. The maximum atomic E-state index is 12.7. The second kappa shape index (κ2) is 6.76. The molecule has 1 aliphatic rings. The highest BCUT2D eigenvalue weighted by Gasteiger charge is 2.22. The fraction of sp³-hybridized carbons (Fsp3) is 0.222. The zero-order chi connectivity index (χ0) is 17.2. The molecule has 0 fully saturated rings. The molecule has 7 heteroatoms. The highest BCUT2D eigenvalue weighted by molar-refractivity contribution is 9.10. The number of nitrogens with zero attached hydrogens (tertiary/aromatic N) is 4. The third-order valence-electron chi connectivity index (χ3n) is 4.42. The summed E-state index contributed by atoms with van der Waals surface area (Å²) in [6, 6.07) is 10.1. The lowest BCUT2D eigenvalue weighted by molar-refractivity contribution is 0.0932. The lowest BCUT2D eigenvalue weighted by Gasteiger charge is -2.26. The summed E-state index contributed by atoms with van der Waals surface area (Å²) in [5, 5.41) is 10.7. The molecule has 25 heavy (non-hydrogen) atoms. The number of benzene rings is 1. The molecule has 4 rings (SSSR count). The van der Waals surface area contributed by atoms with Gasteiger partial charge in [0.15, 0.2) is 5.82 Å². The number of nitrogens with one attached hydrogen (secondary N) is 1. The van der Waals surface area contributed by atoms with E-state index in [1.54, 1.807) is 29.5 Å². The fourth-order valence-electron chi connectivity index (χ4n) is 3.20. The number of halogens is 1. The summed E-state index contributed by atoms with van der Waals surface area (Å²) in [5.74, 6) is 0.523. The van der Waals surface area contributed by atoms with Gasteiger partial charge in [-0.2, -0.15) is 0 Å². The van der Waals surface area contributed by atoms with Gasteiger partial charge < -0.3 is 5.32 Å². The van der Waals surface area contributed by atoms with Crippen molar-refractivity contribution in [3.8, 4) is 5.82 Å². The zero-order valence-corrected chi connectivity index (χ0v) is 15.0. The Morgan fingerprint density at radius 2 is 2.04 bits per heavy atom. The minimum absolute atomic E-state index is 0.0498. The molecule has 0 aliphatic heterocycles. The predicted molar refractivity (Wildman–Crippen MR) is 96.4 cm³/mol. The van der Waals surface area contributed by atoms with Crippen LogP contribution in [0.2, 0.25) is 0 Å². The van der Waals surface area contributed by atoms with Gasteiger partial charge in [-0.1, -0.05) is 24.3 Å². The van der Waals surface area contributed by atoms with E-state index in [4.69, 9.17) is 0 Å². The van der Waals surface area contributed by atoms with Crippen molar-refractivity contribution in [1.82, 2.24) is 25.1 Å². The van der Waals surface area contributed by atoms with Crippen LogP contribution in [0, 0.1) is 0 Å². The van der Waals surface area contributed by atoms with Gasteiger partial charge in [0.25, 0.3) is 5.91 Å². The summed E-state index contributed by atoms with van der Waals surface area (Å²) in [6.07, 6.45) is 7.80. The molecule has 0 spiro atoms. The third kappa shape index (κ3) is 3.19. The van der Waals surface area contributed by atoms with Crippen LogP contribution in [0.1, 0.15) is 40.4 Å². The number of fused-ring (bicyclic) bond motifs is 1. The van der Waals surface area contributed by atoms with E-state index >= 15 is 0 Å². The molecule has 1 unspecified atom stereocenters. The Kier molecular flexibility index (Phi) is 4.31. The summed E-state index contributed by atoms with van der Waals surface area (Å²) in [5.41, 5.74) is 3.06. The zero-order valence-electron chi connectivity index (χ0n) is 13.4. The van der Waals surface area contributed by atoms with Gasteiger partial charge in [0, 0.05) is 6.20 Å². The fourth-order valence-corrected chi connectivity index (χ4v) is 3.75. The molecular formula is C18H16BrN5O. The van der Waals surface area contributed by atoms with Crippen molar-refractivity contribution in [2.75, 3.05) is 0 Å². The second-order valence-electron chi connectivity index (χ2n) is 6.02. The van der Waals surface area contributed by atoms with Crippen LogP contribution in [0.3, 0.4) is 0 Å². The number of carbonyl (C=O) groups excluding carboxylic acids is 1.